The van der Waals surface area contributed by atoms with E-state index in [9.17, 15) is 9.90 Å². The van der Waals surface area contributed by atoms with Gasteiger partial charge >= 0.3 is 5.97 Å². The van der Waals surface area contributed by atoms with Crippen LogP contribution in [0.5, 0.6) is 0 Å². The summed E-state index contributed by atoms with van der Waals surface area (Å²) in [5.41, 5.74) is 1.93. The SMILES string of the molecule is Cn1ncc2c1CC(CCC(=O)O)CC2O. The first-order chi connectivity index (χ1) is 7.58. The van der Waals surface area contributed by atoms with Crippen molar-refractivity contribution in [3.8, 4) is 0 Å². The van der Waals surface area contributed by atoms with Gasteiger partial charge in [0.2, 0.25) is 0 Å². The Bertz CT molecular complexity index is 400. The Morgan fingerprint density at radius 3 is 3.12 bits per heavy atom. The van der Waals surface area contributed by atoms with Crippen molar-refractivity contribution in [1.82, 2.24) is 9.78 Å². The smallest absolute Gasteiger partial charge is 0.303 e. The summed E-state index contributed by atoms with van der Waals surface area (Å²) in [6.45, 7) is 0. The molecule has 1 aromatic rings. The number of carbonyl (C=O) groups is 1. The van der Waals surface area contributed by atoms with Crippen LogP contribution in [0.15, 0.2) is 6.20 Å². The predicted octanol–water partition coefficient (Wildman–Crippen LogP) is 0.881. The van der Waals surface area contributed by atoms with Crippen LogP contribution in [-0.4, -0.2) is 26.0 Å². The lowest BCUT2D eigenvalue weighted by atomic mass is 9.83. The monoisotopic (exact) mass is 224 g/mol. The molecule has 0 saturated heterocycles. The highest BCUT2D eigenvalue weighted by Crippen LogP contribution is 2.34. The van der Waals surface area contributed by atoms with Crippen molar-refractivity contribution in [3.05, 3.63) is 17.5 Å². The second kappa shape index (κ2) is 4.25. The quantitative estimate of drug-likeness (QED) is 0.799. The van der Waals surface area contributed by atoms with Crippen molar-refractivity contribution >= 4 is 5.97 Å². The van der Waals surface area contributed by atoms with Gasteiger partial charge in [-0.3, -0.25) is 9.48 Å². The topological polar surface area (TPSA) is 75.4 Å². The molecule has 1 aliphatic carbocycles. The highest BCUT2D eigenvalue weighted by Gasteiger charge is 2.28. The minimum atomic E-state index is -0.773. The molecule has 1 heterocycles. The highest BCUT2D eigenvalue weighted by atomic mass is 16.4. The number of hydrogen-bond donors (Lipinski definition) is 2. The molecule has 2 rings (SSSR count). The van der Waals surface area contributed by atoms with Crippen LogP contribution in [-0.2, 0) is 18.3 Å². The number of carboxylic acids is 1. The van der Waals surface area contributed by atoms with Crippen molar-refractivity contribution in [2.24, 2.45) is 13.0 Å². The Morgan fingerprint density at radius 1 is 1.69 bits per heavy atom. The minimum absolute atomic E-state index is 0.171. The lowest BCUT2D eigenvalue weighted by Gasteiger charge is -2.26. The van der Waals surface area contributed by atoms with Crippen LogP contribution >= 0.6 is 0 Å². The molecule has 16 heavy (non-hydrogen) atoms. The number of aliphatic carboxylic acids is 1. The normalized spacial score (nSPS) is 24.1. The van der Waals surface area contributed by atoms with E-state index in [4.69, 9.17) is 5.11 Å². The van der Waals surface area contributed by atoms with Gasteiger partial charge in [0, 0.05) is 24.7 Å². The van der Waals surface area contributed by atoms with Gasteiger partial charge in [0.1, 0.15) is 0 Å². The summed E-state index contributed by atoms with van der Waals surface area (Å²) in [7, 11) is 1.85. The van der Waals surface area contributed by atoms with E-state index < -0.39 is 12.1 Å². The average molecular weight is 224 g/mol. The van der Waals surface area contributed by atoms with Gasteiger partial charge in [0.25, 0.3) is 0 Å². The summed E-state index contributed by atoms with van der Waals surface area (Å²) in [5.74, 6) is -0.528. The van der Waals surface area contributed by atoms with Gasteiger partial charge in [-0.15, -0.1) is 0 Å². The molecule has 0 spiro atoms. The fourth-order valence-electron chi connectivity index (χ4n) is 2.36. The number of aliphatic hydroxyl groups is 1. The van der Waals surface area contributed by atoms with Crippen molar-refractivity contribution in [2.45, 2.75) is 31.8 Å². The lowest BCUT2D eigenvalue weighted by molar-refractivity contribution is -0.137. The van der Waals surface area contributed by atoms with Crippen molar-refractivity contribution in [1.29, 1.82) is 0 Å². The molecule has 5 nitrogen and oxygen atoms in total. The van der Waals surface area contributed by atoms with E-state index >= 15 is 0 Å². The standard InChI is InChI=1S/C11H16N2O3/c1-13-9-4-7(2-3-11(15)16)5-10(14)8(9)6-12-13/h6-7,10,14H,2-5H2,1H3,(H,15,16). The van der Waals surface area contributed by atoms with E-state index in [0.29, 0.717) is 12.8 Å². The number of rotatable bonds is 3. The van der Waals surface area contributed by atoms with E-state index in [2.05, 4.69) is 5.10 Å². The number of hydrogen-bond acceptors (Lipinski definition) is 3. The fourth-order valence-corrected chi connectivity index (χ4v) is 2.36. The van der Waals surface area contributed by atoms with Crippen LogP contribution in [0, 0.1) is 5.92 Å². The first-order valence-corrected chi connectivity index (χ1v) is 5.48. The molecule has 0 aliphatic heterocycles. The molecular weight excluding hydrogens is 208 g/mol. The molecule has 2 N–H and O–H groups in total. The zero-order chi connectivity index (χ0) is 11.7. The summed E-state index contributed by atoms with van der Waals surface area (Å²) < 4.78 is 1.77. The number of fused-ring (bicyclic) bond motifs is 1. The second-order valence-corrected chi connectivity index (χ2v) is 4.42. The van der Waals surface area contributed by atoms with E-state index in [1.807, 2.05) is 7.05 Å². The third kappa shape index (κ3) is 2.09. The minimum Gasteiger partial charge on any atom is -0.481 e. The first-order valence-electron chi connectivity index (χ1n) is 5.48. The third-order valence-corrected chi connectivity index (χ3v) is 3.26. The van der Waals surface area contributed by atoms with E-state index in [1.165, 1.54) is 0 Å². The molecule has 0 saturated carbocycles. The molecule has 5 heteroatoms. The Hall–Kier alpha value is -1.36. The fraction of sp³-hybridized carbons (Fsp3) is 0.636. The van der Waals surface area contributed by atoms with Crippen LogP contribution in [0.3, 0.4) is 0 Å². The van der Waals surface area contributed by atoms with Gasteiger partial charge in [-0.2, -0.15) is 5.10 Å². The summed E-state index contributed by atoms with van der Waals surface area (Å²) in [6.07, 6.45) is 3.47. The summed E-state index contributed by atoms with van der Waals surface area (Å²) in [4.78, 5) is 10.5. The van der Waals surface area contributed by atoms with E-state index in [-0.39, 0.29) is 12.3 Å². The van der Waals surface area contributed by atoms with Gasteiger partial charge in [-0.1, -0.05) is 0 Å². The van der Waals surface area contributed by atoms with Crippen molar-refractivity contribution in [2.75, 3.05) is 0 Å². The first kappa shape index (κ1) is 11.1. The zero-order valence-corrected chi connectivity index (χ0v) is 9.26. The molecule has 0 bridgehead atoms. The Labute approximate surface area is 93.7 Å². The number of nitrogens with zero attached hydrogens (tertiary/aromatic N) is 2. The largest absolute Gasteiger partial charge is 0.481 e. The van der Waals surface area contributed by atoms with E-state index in [1.54, 1.807) is 10.9 Å². The Morgan fingerprint density at radius 2 is 2.44 bits per heavy atom. The molecular formula is C11H16N2O3. The van der Waals surface area contributed by atoms with Gasteiger partial charge < -0.3 is 10.2 Å². The highest BCUT2D eigenvalue weighted by molar-refractivity contribution is 5.66. The van der Waals surface area contributed by atoms with Gasteiger partial charge in [-0.25, -0.2) is 0 Å². The van der Waals surface area contributed by atoms with Gasteiger partial charge in [0.15, 0.2) is 0 Å². The lowest BCUT2D eigenvalue weighted by Crippen LogP contribution is -2.20. The molecule has 1 aliphatic rings. The van der Waals surface area contributed by atoms with Crippen molar-refractivity contribution < 1.29 is 15.0 Å². The number of aryl methyl sites for hydroxylation is 1. The Balaban J connectivity index is 2.08. The molecule has 2 unspecified atom stereocenters. The number of aromatic nitrogens is 2. The van der Waals surface area contributed by atoms with Crippen LogP contribution < -0.4 is 0 Å². The molecule has 0 aromatic carbocycles. The maximum atomic E-state index is 10.5. The summed E-state index contributed by atoms with van der Waals surface area (Å²) >= 11 is 0. The molecule has 0 fully saturated rings. The molecule has 0 radical (unpaired) electrons. The van der Waals surface area contributed by atoms with Crippen LogP contribution in [0.25, 0.3) is 0 Å². The van der Waals surface area contributed by atoms with Crippen molar-refractivity contribution in [3.63, 3.8) is 0 Å². The van der Waals surface area contributed by atoms with Gasteiger partial charge in [0.05, 0.1) is 12.3 Å². The molecule has 1 aromatic heterocycles. The number of aliphatic hydroxyl groups excluding tert-OH is 1. The summed E-state index contributed by atoms with van der Waals surface area (Å²) in [5, 5.41) is 22.7. The molecule has 88 valence electrons. The van der Waals surface area contributed by atoms with E-state index in [0.717, 1.165) is 17.7 Å². The zero-order valence-electron chi connectivity index (χ0n) is 9.26. The number of carboxylic acid groups (broad SMARTS) is 1. The molecule has 0 amide bonds. The van der Waals surface area contributed by atoms with Crippen LogP contribution in [0.2, 0.25) is 0 Å². The maximum absolute atomic E-state index is 10.5. The maximum Gasteiger partial charge on any atom is 0.303 e. The second-order valence-electron chi connectivity index (χ2n) is 4.42. The van der Waals surface area contributed by atoms with Crippen LogP contribution in [0.1, 0.15) is 36.6 Å². The van der Waals surface area contributed by atoms with Gasteiger partial charge in [-0.05, 0) is 25.2 Å². The Kier molecular flexibility index (Phi) is 2.96. The average Bonchev–Trinajstić information content (AvgIpc) is 2.58. The summed E-state index contributed by atoms with van der Waals surface area (Å²) in [6, 6.07) is 0. The third-order valence-electron chi connectivity index (χ3n) is 3.26. The molecule has 2 atom stereocenters. The van der Waals surface area contributed by atoms with Crippen LogP contribution in [0.4, 0.5) is 0 Å². The predicted molar refractivity (Wildman–Crippen MR) is 56.8 cm³/mol.